The van der Waals surface area contributed by atoms with Crippen LogP contribution in [0.15, 0.2) is 35.1 Å². The van der Waals surface area contributed by atoms with E-state index in [0.717, 1.165) is 64.8 Å². The number of aromatic nitrogens is 3. The molecule has 1 amide bonds. The highest BCUT2D eigenvalue weighted by atomic mass is 79.9. The number of halogens is 1. The van der Waals surface area contributed by atoms with Crippen molar-refractivity contribution in [2.75, 3.05) is 25.5 Å². The van der Waals surface area contributed by atoms with E-state index in [1.807, 2.05) is 0 Å². The van der Waals surface area contributed by atoms with Gasteiger partial charge in [-0.2, -0.15) is 0 Å². The molecule has 7 nitrogen and oxygen atoms in total. The number of likely N-dealkylation sites (tertiary alicyclic amines) is 1. The summed E-state index contributed by atoms with van der Waals surface area (Å²) in [6.45, 7) is 6.73. The zero-order chi connectivity index (χ0) is 22.7. The van der Waals surface area contributed by atoms with E-state index in [9.17, 15) is 4.79 Å². The molecule has 4 rings (SSSR count). The lowest BCUT2D eigenvalue weighted by Crippen LogP contribution is -2.42. The average Bonchev–Trinajstić information content (AvgIpc) is 3.28. The summed E-state index contributed by atoms with van der Waals surface area (Å²) in [5.74, 6) is 0.0532. The Balaban J connectivity index is 1.57. The molecule has 1 fully saturated rings. The predicted octanol–water partition coefficient (Wildman–Crippen LogP) is 4.35. The topological polar surface area (TPSA) is 85.9 Å². The molecule has 0 radical (unpaired) electrons. The number of amides is 1. The smallest absolute Gasteiger partial charge is 0.220 e. The first-order chi connectivity index (χ1) is 15.5. The second-order valence-corrected chi connectivity index (χ2v) is 9.46. The molecule has 2 aromatic heterocycles. The first-order valence-corrected chi connectivity index (χ1v) is 12.1. The number of fused-ring (bicyclic) bond motifs is 1. The minimum atomic E-state index is 0.0532. The minimum Gasteiger partial charge on any atom is -0.379 e. The van der Waals surface area contributed by atoms with E-state index in [1.54, 1.807) is 13.4 Å². The van der Waals surface area contributed by atoms with Gasteiger partial charge in [-0.1, -0.05) is 24.3 Å². The Morgan fingerprint density at radius 2 is 1.97 bits per heavy atom. The van der Waals surface area contributed by atoms with Gasteiger partial charge in [-0.3, -0.25) is 4.79 Å². The molecule has 8 heteroatoms. The summed E-state index contributed by atoms with van der Waals surface area (Å²) >= 11 is 3.83. The van der Waals surface area contributed by atoms with Crippen LogP contribution in [0, 0.1) is 0 Å². The second kappa shape index (κ2) is 10.0. The van der Waals surface area contributed by atoms with Gasteiger partial charge >= 0.3 is 0 Å². The van der Waals surface area contributed by atoms with E-state index < -0.39 is 0 Å². The first kappa shape index (κ1) is 22.7. The van der Waals surface area contributed by atoms with Crippen LogP contribution in [0.1, 0.15) is 38.7 Å². The third kappa shape index (κ3) is 4.96. The molecule has 1 saturated heterocycles. The van der Waals surface area contributed by atoms with Crippen LogP contribution in [0.5, 0.6) is 0 Å². The van der Waals surface area contributed by atoms with Crippen molar-refractivity contribution in [3.8, 4) is 11.3 Å². The Bertz CT molecular complexity index is 1070. The van der Waals surface area contributed by atoms with Gasteiger partial charge in [0, 0.05) is 44.2 Å². The standard InChI is InChI=1S/C24H31BrN6O/c1-15(2)31-12-10-18(11-13-31)29-22-20(25)21(30-24-23(22)27-14-28-24)17-7-4-16(5-8-17)6-9-19(32)26-3/h4-5,7-8,14-15,18H,6,9-13H2,1-3H3,(H,26,32)(H2,27,28,29,30). The number of carbonyl (C=O) groups excluding carboxylic acids is 1. The van der Waals surface area contributed by atoms with Crippen LogP contribution in [0.2, 0.25) is 0 Å². The fraction of sp³-hybridized carbons (Fsp3) is 0.458. The van der Waals surface area contributed by atoms with Gasteiger partial charge in [0.2, 0.25) is 5.91 Å². The number of hydrogen-bond donors (Lipinski definition) is 3. The molecule has 0 bridgehead atoms. The monoisotopic (exact) mass is 498 g/mol. The van der Waals surface area contributed by atoms with Crippen LogP contribution >= 0.6 is 15.9 Å². The largest absolute Gasteiger partial charge is 0.379 e. The maximum Gasteiger partial charge on any atom is 0.220 e. The molecular weight excluding hydrogens is 468 g/mol. The maximum atomic E-state index is 11.5. The van der Waals surface area contributed by atoms with Crippen molar-refractivity contribution in [3.05, 3.63) is 40.6 Å². The number of hydrogen-bond acceptors (Lipinski definition) is 5. The van der Waals surface area contributed by atoms with Crippen molar-refractivity contribution in [2.24, 2.45) is 0 Å². The summed E-state index contributed by atoms with van der Waals surface area (Å²) in [6.07, 6.45) is 5.12. The van der Waals surface area contributed by atoms with Gasteiger partial charge in [-0.15, -0.1) is 0 Å². The fourth-order valence-electron chi connectivity index (χ4n) is 4.24. The Hall–Kier alpha value is -2.45. The number of benzene rings is 1. The Morgan fingerprint density at radius 1 is 1.25 bits per heavy atom. The van der Waals surface area contributed by atoms with Crippen LogP contribution in [0.4, 0.5) is 5.69 Å². The third-order valence-corrected chi connectivity index (χ3v) is 7.04. The molecule has 0 aliphatic carbocycles. The summed E-state index contributed by atoms with van der Waals surface area (Å²) in [4.78, 5) is 26.5. The highest BCUT2D eigenvalue weighted by Gasteiger charge is 2.24. The normalized spacial score (nSPS) is 15.4. The van der Waals surface area contributed by atoms with Crippen LogP contribution < -0.4 is 10.6 Å². The number of piperidine rings is 1. The SMILES string of the molecule is CNC(=O)CCc1ccc(-c2nc3nc[nH]c3c(NC3CCN(C(C)C)CC3)c2Br)cc1. The van der Waals surface area contributed by atoms with Gasteiger partial charge in [-0.25, -0.2) is 9.97 Å². The fourth-order valence-corrected chi connectivity index (χ4v) is 4.87. The maximum absolute atomic E-state index is 11.5. The van der Waals surface area contributed by atoms with Crippen LogP contribution in [-0.2, 0) is 11.2 Å². The predicted molar refractivity (Wildman–Crippen MR) is 133 cm³/mol. The number of rotatable bonds is 7. The molecule has 3 N–H and O–H groups in total. The number of nitrogens with one attached hydrogen (secondary N) is 3. The van der Waals surface area contributed by atoms with Gasteiger partial charge < -0.3 is 20.5 Å². The molecule has 3 heterocycles. The lowest BCUT2D eigenvalue weighted by atomic mass is 10.0. The zero-order valence-corrected chi connectivity index (χ0v) is 20.5. The zero-order valence-electron chi connectivity index (χ0n) is 18.9. The van der Waals surface area contributed by atoms with Gasteiger partial charge in [0.05, 0.1) is 22.2 Å². The molecule has 32 heavy (non-hydrogen) atoms. The van der Waals surface area contributed by atoms with Crippen LogP contribution in [0.25, 0.3) is 22.4 Å². The molecule has 3 aromatic rings. The van der Waals surface area contributed by atoms with E-state index in [-0.39, 0.29) is 5.91 Å². The number of aryl methyl sites for hydroxylation is 1. The molecular formula is C24H31BrN6O. The Kier molecular flexibility index (Phi) is 7.10. The van der Waals surface area contributed by atoms with E-state index in [2.05, 4.69) is 79.5 Å². The minimum absolute atomic E-state index is 0.0532. The molecule has 1 aliphatic rings. The van der Waals surface area contributed by atoms with E-state index in [4.69, 9.17) is 4.98 Å². The Morgan fingerprint density at radius 3 is 2.62 bits per heavy atom. The van der Waals surface area contributed by atoms with Gasteiger partial charge in [0.1, 0.15) is 5.52 Å². The number of nitrogens with zero attached hydrogens (tertiary/aromatic N) is 3. The highest BCUT2D eigenvalue weighted by Crippen LogP contribution is 2.38. The second-order valence-electron chi connectivity index (χ2n) is 8.67. The van der Waals surface area contributed by atoms with Crippen LogP contribution in [-0.4, -0.2) is 58.0 Å². The Labute approximate surface area is 197 Å². The number of aromatic amines is 1. The number of H-pyrrole nitrogens is 1. The van der Waals surface area contributed by atoms with E-state index in [0.29, 0.717) is 24.2 Å². The lowest BCUT2D eigenvalue weighted by Gasteiger charge is -2.35. The van der Waals surface area contributed by atoms with Gasteiger partial charge in [0.15, 0.2) is 5.65 Å². The van der Waals surface area contributed by atoms with Crippen molar-refractivity contribution in [2.45, 2.75) is 51.6 Å². The number of anilines is 1. The number of carbonyl (C=O) groups is 1. The van der Waals surface area contributed by atoms with Crippen molar-refractivity contribution in [3.63, 3.8) is 0 Å². The van der Waals surface area contributed by atoms with Crippen LogP contribution in [0.3, 0.4) is 0 Å². The summed E-state index contributed by atoms with van der Waals surface area (Å²) in [7, 11) is 1.67. The summed E-state index contributed by atoms with van der Waals surface area (Å²) in [5, 5.41) is 6.44. The third-order valence-electron chi connectivity index (χ3n) is 6.27. The summed E-state index contributed by atoms with van der Waals surface area (Å²) < 4.78 is 0.943. The molecule has 1 aliphatic heterocycles. The highest BCUT2D eigenvalue weighted by molar-refractivity contribution is 9.10. The molecule has 170 valence electrons. The molecule has 0 spiro atoms. The van der Waals surface area contributed by atoms with E-state index >= 15 is 0 Å². The molecule has 0 atom stereocenters. The van der Waals surface area contributed by atoms with Crippen molar-refractivity contribution in [1.82, 2.24) is 25.2 Å². The van der Waals surface area contributed by atoms with Crippen molar-refractivity contribution >= 4 is 38.7 Å². The first-order valence-electron chi connectivity index (χ1n) is 11.3. The summed E-state index contributed by atoms with van der Waals surface area (Å²) in [5.41, 5.74) is 5.66. The van der Waals surface area contributed by atoms with Gasteiger partial charge in [0.25, 0.3) is 0 Å². The van der Waals surface area contributed by atoms with Crippen molar-refractivity contribution < 1.29 is 4.79 Å². The van der Waals surface area contributed by atoms with E-state index in [1.165, 1.54) is 0 Å². The molecule has 0 unspecified atom stereocenters. The van der Waals surface area contributed by atoms with Crippen molar-refractivity contribution in [1.29, 1.82) is 0 Å². The molecule has 1 aromatic carbocycles. The molecule has 0 saturated carbocycles. The lowest BCUT2D eigenvalue weighted by molar-refractivity contribution is -0.120. The van der Waals surface area contributed by atoms with Gasteiger partial charge in [-0.05, 0) is 54.6 Å². The quantitative estimate of drug-likeness (QED) is 0.450. The average molecular weight is 499 g/mol. The number of pyridine rings is 1. The summed E-state index contributed by atoms with van der Waals surface area (Å²) in [6, 6.07) is 9.26. The number of imidazole rings is 1.